The molecule has 30 heavy (non-hydrogen) atoms. The molecule has 2 amide bonds. The van der Waals surface area contributed by atoms with Crippen molar-refractivity contribution in [1.29, 1.82) is 0 Å². The zero-order valence-corrected chi connectivity index (χ0v) is 16.7. The molecule has 2 heterocycles. The molecule has 0 saturated carbocycles. The summed E-state index contributed by atoms with van der Waals surface area (Å²) >= 11 is 0. The molecule has 3 atom stereocenters. The fourth-order valence-electron chi connectivity index (χ4n) is 3.42. The number of allylic oxidation sites excluding steroid dienone is 2. The predicted molar refractivity (Wildman–Crippen MR) is 106 cm³/mol. The molecule has 2 aliphatic rings. The second kappa shape index (κ2) is 10.2. The Hall–Kier alpha value is -2.97. The molecule has 1 aromatic rings. The molecular formula is C22H25NO7. The van der Waals surface area contributed by atoms with Gasteiger partial charge in [0.25, 0.3) is 5.91 Å². The van der Waals surface area contributed by atoms with E-state index < -0.39 is 36.0 Å². The van der Waals surface area contributed by atoms with Crippen molar-refractivity contribution in [3.05, 3.63) is 59.9 Å². The van der Waals surface area contributed by atoms with Crippen LogP contribution in [0.4, 0.5) is 4.79 Å². The highest BCUT2D eigenvalue weighted by Crippen LogP contribution is 2.24. The van der Waals surface area contributed by atoms with E-state index in [2.05, 4.69) is 0 Å². The predicted octanol–water partition coefficient (Wildman–Crippen LogP) is 1.77. The van der Waals surface area contributed by atoms with Gasteiger partial charge in [0.1, 0.15) is 12.4 Å². The van der Waals surface area contributed by atoms with Gasteiger partial charge in [-0.1, -0.05) is 30.3 Å². The van der Waals surface area contributed by atoms with Gasteiger partial charge in [-0.25, -0.2) is 9.69 Å². The average molecular weight is 415 g/mol. The van der Waals surface area contributed by atoms with Crippen molar-refractivity contribution in [2.45, 2.75) is 37.5 Å². The molecule has 8 heteroatoms. The number of methoxy groups -OCH3 is 1. The third kappa shape index (κ3) is 4.95. The lowest BCUT2D eigenvalue weighted by molar-refractivity contribution is -0.153. The number of amides is 2. The van der Waals surface area contributed by atoms with Crippen LogP contribution in [0.1, 0.15) is 18.4 Å². The fourth-order valence-corrected chi connectivity index (χ4v) is 3.42. The highest BCUT2D eigenvalue weighted by atomic mass is 16.6. The van der Waals surface area contributed by atoms with Crippen LogP contribution in [0.15, 0.2) is 54.3 Å². The lowest BCUT2D eigenvalue weighted by Crippen LogP contribution is -2.53. The van der Waals surface area contributed by atoms with Gasteiger partial charge >= 0.3 is 6.09 Å². The van der Waals surface area contributed by atoms with Gasteiger partial charge in [-0.15, -0.1) is 0 Å². The van der Waals surface area contributed by atoms with Crippen LogP contribution < -0.4 is 0 Å². The molecule has 3 rings (SSSR count). The van der Waals surface area contributed by atoms with Gasteiger partial charge < -0.3 is 19.3 Å². The summed E-state index contributed by atoms with van der Waals surface area (Å²) in [5, 5.41) is 8.91. The summed E-state index contributed by atoms with van der Waals surface area (Å²) in [7, 11) is 1.29. The minimum atomic E-state index is -1.30. The lowest BCUT2D eigenvalue weighted by Gasteiger charge is -2.30. The second-order valence-corrected chi connectivity index (χ2v) is 7.03. The summed E-state index contributed by atoms with van der Waals surface area (Å²) in [6, 6.07) is 8.95. The number of carbonyl (C=O) groups excluding carboxylic acids is 3. The highest BCUT2D eigenvalue weighted by Gasteiger charge is 2.46. The van der Waals surface area contributed by atoms with Crippen LogP contribution in [0.5, 0.6) is 0 Å². The van der Waals surface area contributed by atoms with Crippen LogP contribution in [-0.2, 0) is 30.2 Å². The largest absolute Gasteiger partial charge is 0.479 e. The van der Waals surface area contributed by atoms with Crippen LogP contribution in [0.2, 0.25) is 0 Å². The van der Waals surface area contributed by atoms with Crippen LogP contribution in [0, 0.1) is 0 Å². The van der Waals surface area contributed by atoms with Gasteiger partial charge in [-0.2, -0.15) is 0 Å². The van der Waals surface area contributed by atoms with E-state index in [0.717, 1.165) is 10.5 Å². The molecular weight excluding hydrogens is 390 g/mol. The summed E-state index contributed by atoms with van der Waals surface area (Å²) in [5.41, 5.74) is 0.953. The molecule has 8 nitrogen and oxygen atoms in total. The number of ketones is 1. The van der Waals surface area contributed by atoms with Crippen molar-refractivity contribution in [1.82, 2.24) is 4.90 Å². The maximum absolute atomic E-state index is 13.2. The molecule has 0 bridgehead atoms. The SMILES string of the molecule is CO[C@H](C(=O)N1C(=O)OC[C@@H]1Cc1ccccc1)[C@H]1OC(=CCCCO)C=CC1=O. The zero-order valence-electron chi connectivity index (χ0n) is 16.7. The Kier molecular flexibility index (Phi) is 7.37. The Bertz CT molecular complexity index is 833. The molecule has 1 saturated heterocycles. The van der Waals surface area contributed by atoms with Gasteiger partial charge in [0.15, 0.2) is 18.0 Å². The molecule has 1 aromatic carbocycles. The Labute approximate surface area is 174 Å². The maximum Gasteiger partial charge on any atom is 0.417 e. The Morgan fingerprint density at radius 2 is 2.07 bits per heavy atom. The van der Waals surface area contributed by atoms with E-state index in [1.165, 1.54) is 19.3 Å². The quantitative estimate of drug-likeness (QED) is 0.646. The number of ether oxygens (including phenoxy) is 3. The summed E-state index contributed by atoms with van der Waals surface area (Å²) in [6.45, 7) is 0.108. The first-order valence-corrected chi connectivity index (χ1v) is 9.81. The topological polar surface area (TPSA) is 102 Å². The van der Waals surface area contributed by atoms with Gasteiger partial charge in [0.05, 0.1) is 6.04 Å². The first-order chi connectivity index (χ1) is 14.5. The van der Waals surface area contributed by atoms with Crippen LogP contribution in [-0.4, -0.2) is 66.4 Å². The molecule has 1 N–H and O–H groups in total. The molecule has 0 spiro atoms. The smallest absolute Gasteiger partial charge is 0.417 e. The van der Waals surface area contributed by atoms with Crippen molar-refractivity contribution in [2.24, 2.45) is 0 Å². The number of cyclic esters (lactones) is 1. The van der Waals surface area contributed by atoms with E-state index in [4.69, 9.17) is 19.3 Å². The zero-order chi connectivity index (χ0) is 21.5. The normalized spacial score (nSPS) is 23.4. The molecule has 160 valence electrons. The number of hydrogen-bond acceptors (Lipinski definition) is 7. The number of aliphatic hydroxyl groups is 1. The van der Waals surface area contributed by atoms with E-state index in [1.807, 2.05) is 30.3 Å². The van der Waals surface area contributed by atoms with Gasteiger partial charge in [0, 0.05) is 13.7 Å². The first kappa shape index (κ1) is 21.7. The minimum absolute atomic E-state index is 0.0366. The van der Waals surface area contributed by atoms with E-state index in [1.54, 1.807) is 6.08 Å². The monoisotopic (exact) mass is 415 g/mol. The summed E-state index contributed by atoms with van der Waals surface area (Å²) in [5.74, 6) is -0.696. The lowest BCUT2D eigenvalue weighted by atomic mass is 10.0. The van der Waals surface area contributed by atoms with Crippen molar-refractivity contribution in [2.75, 3.05) is 20.3 Å². The molecule has 0 aromatic heterocycles. The van der Waals surface area contributed by atoms with Crippen molar-refractivity contribution in [3.63, 3.8) is 0 Å². The number of carbonyl (C=O) groups is 3. The second-order valence-electron chi connectivity index (χ2n) is 7.03. The maximum atomic E-state index is 13.2. The first-order valence-electron chi connectivity index (χ1n) is 9.81. The number of unbranched alkanes of at least 4 members (excludes halogenated alkanes) is 1. The standard InChI is InChI=1S/C22H25NO7/c1-28-20(19-18(25)11-10-17(30-19)9-5-6-12-24)21(26)23-16(14-29-22(23)27)13-15-7-3-2-4-8-15/h2-4,7-11,16,19-20,24H,5-6,12-14H2,1H3/t16-,19-,20-/m0/s1. The molecule has 2 aliphatic heterocycles. The number of nitrogens with zero attached hydrogens (tertiary/aromatic N) is 1. The van der Waals surface area contributed by atoms with E-state index in [9.17, 15) is 14.4 Å². The van der Waals surface area contributed by atoms with Crippen LogP contribution >= 0.6 is 0 Å². The van der Waals surface area contributed by atoms with Crippen LogP contribution in [0.25, 0.3) is 0 Å². The summed E-state index contributed by atoms with van der Waals surface area (Å²) < 4.78 is 16.1. The van der Waals surface area contributed by atoms with E-state index >= 15 is 0 Å². The van der Waals surface area contributed by atoms with Gasteiger partial charge in [0.2, 0.25) is 0 Å². The third-order valence-corrected chi connectivity index (χ3v) is 4.95. The van der Waals surface area contributed by atoms with Crippen molar-refractivity contribution in [3.8, 4) is 0 Å². The number of aliphatic hydroxyl groups excluding tert-OH is 1. The Morgan fingerprint density at radius 1 is 1.30 bits per heavy atom. The van der Waals surface area contributed by atoms with Crippen LogP contribution in [0.3, 0.4) is 0 Å². The Morgan fingerprint density at radius 3 is 2.77 bits per heavy atom. The number of hydrogen-bond donors (Lipinski definition) is 1. The summed E-state index contributed by atoms with van der Waals surface area (Å²) in [4.78, 5) is 38.9. The summed E-state index contributed by atoms with van der Waals surface area (Å²) in [6.07, 6.45) is 2.82. The number of benzene rings is 1. The molecule has 0 radical (unpaired) electrons. The molecule has 1 fully saturated rings. The molecule has 0 unspecified atom stereocenters. The van der Waals surface area contributed by atoms with Crippen molar-refractivity contribution < 1.29 is 33.7 Å². The number of imide groups is 1. The van der Waals surface area contributed by atoms with E-state index in [-0.39, 0.29) is 13.2 Å². The Balaban J connectivity index is 1.76. The van der Waals surface area contributed by atoms with Gasteiger partial charge in [-0.3, -0.25) is 9.59 Å². The average Bonchev–Trinajstić information content (AvgIpc) is 3.11. The third-order valence-electron chi connectivity index (χ3n) is 4.95. The number of rotatable bonds is 8. The van der Waals surface area contributed by atoms with Crippen molar-refractivity contribution >= 4 is 17.8 Å². The minimum Gasteiger partial charge on any atom is -0.479 e. The fraction of sp³-hybridized carbons (Fsp3) is 0.409. The van der Waals surface area contributed by atoms with E-state index in [0.29, 0.717) is 25.0 Å². The molecule has 0 aliphatic carbocycles. The highest BCUT2D eigenvalue weighted by molar-refractivity contribution is 6.03. The van der Waals surface area contributed by atoms with Gasteiger partial charge in [-0.05, 0) is 43.1 Å².